The first-order valence-corrected chi connectivity index (χ1v) is 6.37. The molecule has 0 N–H and O–H groups in total. The number of hydrogen-bond donors (Lipinski definition) is 0. The van der Waals surface area contributed by atoms with Crippen molar-refractivity contribution in [3.63, 3.8) is 0 Å². The summed E-state index contributed by atoms with van der Waals surface area (Å²) in [6, 6.07) is 0. The smallest absolute Gasteiger partial charge is 0.308 e. The molecule has 1 aliphatic rings. The van der Waals surface area contributed by atoms with Gasteiger partial charge in [-0.2, -0.15) is 0 Å². The van der Waals surface area contributed by atoms with Crippen LogP contribution in [0, 0.1) is 11.8 Å². The van der Waals surface area contributed by atoms with E-state index in [1.165, 1.54) is 45.6 Å². The van der Waals surface area contributed by atoms with Crippen molar-refractivity contribution in [2.75, 3.05) is 7.11 Å². The zero-order valence-corrected chi connectivity index (χ0v) is 10.1. The van der Waals surface area contributed by atoms with Gasteiger partial charge in [-0.05, 0) is 25.2 Å². The summed E-state index contributed by atoms with van der Waals surface area (Å²) in [6.07, 6.45) is 9.73. The second-order valence-corrected chi connectivity index (χ2v) is 4.67. The van der Waals surface area contributed by atoms with Crippen molar-refractivity contribution in [2.24, 2.45) is 11.8 Å². The molecule has 0 aromatic heterocycles. The molecule has 0 aromatic rings. The van der Waals surface area contributed by atoms with Gasteiger partial charge in [0, 0.05) is 0 Å². The molecular weight excluding hydrogens is 188 g/mol. The molecule has 1 atom stereocenters. The Morgan fingerprint density at radius 2 is 2.00 bits per heavy atom. The number of esters is 1. The van der Waals surface area contributed by atoms with Gasteiger partial charge in [0.05, 0.1) is 13.0 Å². The van der Waals surface area contributed by atoms with Crippen molar-refractivity contribution in [2.45, 2.75) is 58.3 Å². The third-order valence-corrected chi connectivity index (χ3v) is 3.59. The Balaban J connectivity index is 2.49. The topological polar surface area (TPSA) is 26.3 Å². The van der Waals surface area contributed by atoms with Gasteiger partial charge in [-0.15, -0.1) is 0 Å². The van der Waals surface area contributed by atoms with Crippen molar-refractivity contribution < 1.29 is 9.53 Å². The van der Waals surface area contributed by atoms with E-state index in [0.717, 1.165) is 12.8 Å². The molecule has 1 rings (SSSR count). The van der Waals surface area contributed by atoms with Crippen LogP contribution in [-0.4, -0.2) is 13.1 Å². The van der Waals surface area contributed by atoms with E-state index in [0.29, 0.717) is 5.92 Å². The molecule has 1 fully saturated rings. The minimum absolute atomic E-state index is 0.0235. The van der Waals surface area contributed by atoms with Crippen LogP contribution in [0.5, 0.6) is 0 Å². The SMILES string of the molecule is CCCCC(C(=O)OC)C1CCCCC1. The van der Waals surface area contributed by atoms with E-state index in [4.69, 9.17) is 4.74 Å². The second-order valence-electron chi connectivity index (χ2n) is 4.67. The molecule has 0 aliphatic heterocycles. The molecule has 2 heteroatoms. The molecule has 1 aliphatic carbocycles. The van der Waals surface area contributed by atoms with Crippen LogP contribution in [0.25, 0.3) is 0 Å². The van der Waals surface area contributed by atoms with E-state index >= 15 is 0 Å². The van der Waals surface area contributed by atoms with E-state index in [-0.39, 0.29) is 11.9 Å². The average Bonchev–Trinajstić information content (AvgIpc) is 2.30. The summed E-state index contributed by atoms with van der Waals surface area (Å²) < 4.78 is 4.92. The highest BCUT2D eigenvalue weighted by Crippen LogP contribution is 2.33. The van der Waals surface area contributed by atoms with Crippen LogP contribution in [0.3, 0.4) is 0 Å². The monoisotopic (exact) mass is 212 g/mol. The Kier molecular flexibility index (Phi) is 5.74. The standard InChI is InChI=1S/C13H24O2/c1-3-4-10-12(13(14)15-2)11-8-6-5-7-9-11/h11-12H,3-10H2,1-2H3. The minimum atomic E-state index is 0.0235. The largest absolute Gasteiger partial charge is 0.469 e. The Labute approximate surface area is 93.4 Å². The zero-order chi connectivity index (χ0) is 11.1. The predicted molar refractivity (Wildman–Crippen MR) is 61.6 cm³/mol. The van der Waals surface area contributed by atoms with Gasteiger partial charge in [-0.25, -0.2) is 0 Å². The van der Waals surface area contributed by atoms with Crippen molar-refractivity contribution >= 4 is 5.97 Å². The quantitative estimate of drug-likeness (QED) is 0.651. The highest BCUT2D eigenvalue weighted by atomic mass is 16.5. The average molecular weight is 212 g/mol. The second kappa shape index (κ2) is 6.86. The summed E-state index contributed by atoms with van der Waals surface area (Å²) in [6.45, 7) is 2.18. The number of unbranched alkanes of at least 4 members (excludes halogenated alkanes) is 1. The Morgan fingerprint density at radius 3 is 2.53 bits per heavy atom. The van der Waals surface area contributed by atoms with Crippen LogP contribution in [0.2, 0.25) is 0 Å². The maximum Gasteiger partial charge on any atom is 0.308 e. The van der Waals surface area contributed by atoms with Gasteiger partial charge in [0.25, 0.3) is 0 Å². The first kappa shape index (κ1) is 12.5. The number of carbonyl (C=O) groups is 1. The molecule has 0 saturated heterocycles. The summed E-state index contributed by atoms with van der Waals surface area (Å²) in [7, 11) is 1.52. The molecule has 0 amide bonds. The van der Waals surface area contributed by atoms with E-state index in [1.807, 2.05) is 0 Å². The molecule has 0 radical (unpaired) electrons. The van der Waals surface area contributed by atoms with E-state index < -0.39 is 0 Å². The fraction of sp³-hybridized carbons (Fsp3) is 0.923. The van der Waals surface area contributed by atoms with Crippen LogP contribution in [0.4, 0.5) is 0 Å². The number of rotatable bonds is 5. The molecule has 0 spiro atoms. The molecule has 1 saturated carbocycles. The minimum Gasteiger partial charge on any atom is -0.469 e. The van der Waals surface area contributed by atoms with Crippen LogP contribution < -0.4 is 0 Å². The van der Waals surface area contributed by atoms with Gasteiger partial charge in [-0.1, -0.05) is 39.0 Å². The third-order valence-electron chi connectivity index (χ3n) is 3.59. The number of methoxy groups -OCH3 is 1. The lowest BCUT2D eigenvalue weighted by molar-refractivity contribution is -0.148. The van der Waals surface area contributed by atoms with E-state index in [1.54, 1.807) is 0 Å². The Hall–Kier alpha value is -0.530. The summed E-state index contributed by atoms with van der Waals surface area (Å²) >= 11 is 0. The molecule has 15 heavy (non-hydrogen) atoms. The normalized spacial score (nSPS) is 19.9. The first-order chi connectivity index (χ1) is 7.29. The molecule has 0 heterocycles. The highest BCUT2D eigenvalue weighted by Gasteiger charge is 2.29. The third kappa shape index (κ3) is 3.84. The lowest BCUT2D eigenvalue weighted by Gasteiger charge is -2.28. The summed E-state index contributed by atoms with van der Waals surface area (Å²) in [4.78, 5) is 11.7. The Bertz CT molecular complexity index is 183. The number of ether oxygens (including phenoxy) is 1. The molecule has 0 aromatic carbocycles. The van der Waals surface area contributed by atoms with Crippen LogP contribution in [0.1, 0.15) is 58.3 Å². The van der Waals surface area contributed by atoms with Crippen LogP contribution in [0.15, 0.2) is 0 Å². The molecule has 1 unspecified atom stereocenters. The Morgan fingerprint density at radius 1 is 1.33 bits per heavy atom. The molecule has 0 bridgehead atoms. The summed E-state index contributed by atoms with van der Waals surface area (Å²) in [5, 5.41) is 0. The highest BCUT2D eigenvalue weighted by molar-refractivity contribution is 5.72. The fourth-order valence-corrected chi connectivity index (χ4v) is 2.66. The van der Waals surface area contributed by atoms with Gasteiger partial charge in [0.1, 0.15) is 0 Å². The van der Waals surface area contributed by atoms with Crippen molar-refractivity contribution in [3.8, 4) is 0 Å². The molecular formula is C13H24O2. The van der Waals surface area contributed by atoms with Gasteiger partial charge < -0.3 is 4.74 Å². The molecule has 88 valence electrons. The lowest BCUT2D eigenvalue weighted by atomic mass is 9.78. The van der Waals surface area contributed by atoms with Crippen molar-refractivity contribution in [1.29, 1.82) is 0 Å². The number of hydrogen-bond acceptors (Lipinski definition) is 2. The van der Waals surface area contributed by atoms with Crippen LogP contribution >= 0.6 is 0 Å². The number of carbonyl (C=O) groups excluding carboxylic acids is 1. The zero-order valence-electron chi connectivity index (χ0n) is 10.1. The maximum atomic E-state index is 11.7. The van der Waals surface area contributed by atoms with E-state index in [9.17, 15) is 4.79 Å². The molecule has 2 nitrogen and oxygen atoms in total. The van der Waals surface area contributed by atoms with Crippen molar-refractivity contribution in [3.05, 3.63) is 0 Å². The summed E-state index contributed by atoms with van der Waals surface area (Å²) in [5.41, 5.74) is 0. The van der Waals surface area contributed by atoms with Gasteiger partial charge in [-0.3, -0.25) is 4.79 Å². The van der Waals surface area contributed by atoms with E-state index in [2.05, 4.69) is 6.92 Å². The van der Waals surface area contributed by atoms with Crippen molar-refractivity contribution in [1.82, 2.24) is 0 Å². The van der Waals surface area contributed by atoms with Gasteiger partial charge in [0.15, 0.2) is 0 Å². The lowest BCUT2D eigenvalue weighted by Crippen LogP contribution is -2.26. The maximum absolute atomic E-state index is 11.7. The van der Waals surface area contributed by atoms with Gasteiger partial charge >= 0.3 is 5.97 Å². The first-order valence-electron chi connectivity index (χ1n) is 6.37. The fourth-order valence-electron chi connectivity index (χ4n) is 2.66. The predicted octanol–water partition coefficient (Wildman–Crippen LogP) is 3.55. The van der Waals surface area contributed by atoms with Gasteiger partial charge in [0.2, 0.25) is 0 Å². The summed E-state index contributed by atoms with van der Waals surface area (Å²) in [5.74, 6) is 0.795. The van der Waals surface area contributed by atoms with Crippen LogP contribution in [-0.2, 0) is 9.53 Å².